The number of carbonyl (C=O) groups is 1. The molecule has 2 aliphatic carbocycles. The van der Waals surface area contributed by atoms with Gasteiger partial charge in [-0.1, -0.05) is 0 Å². The van der Waals surface area contributed by atoms with Gasteiger partial charge in [-0.25, -0.2) is 9.78 Å². The zero-order valence-electron chi connectivity index (χ0n) is 14.5. The average Bonchev–Trinajstić information content (AvgIpc) is 3.10. The summed E-state index contributed by atoms with van der Waals surface area (Å²) in [5.74, 6) is 0.631. The predicted molar refractivity (Wildman–Crippen MR) is 99.5 cm³/mol. The van der Waals surface area contributed by atoms with Gasteiger partial charge in [0.1, 0.15) is 5.60 Å². The van der Waals surface area contributed by atoms with Crippen LogP contribution in [0.3, 0.4) is 0 Å². The number of hydrogen-bond acceptors (Lipinski definition) is 5. The van der Waals surface area contributed by atoms with Gasteiger partial charge in [0, 0.05) is 35.1 Å². The van der Waals surface area contributed by atoms with Gasteiger partial charge in [-0.15, -0.1) is 11.3 Å². The van der Waals surface area contributed by atoms with Crippen LogP contribution in [0, 0.1) is 0 Å². The molecular weight excluding hydrogens is 390 g/mol. The second kappa shape index (κ2) is 7.30. The largest absolute Gasteiger partial charge is 0.444 e. The summed E-state index contributed by atoms with van der Waals surface area (Å²) in [6.45, 7) is 5.67. The highest BCUT2D eigenvalue weighted by molar-refractivity contribution is 9.11. The first-order valence-electron chi connectivity index (χ1n) is 8.67. The lowest BCUT2D eigenvalue weighted by atomic mass is 9.91. The van der Waals surface area contributed by atoms with Gasteiger partial charge in [0.05, 0.1) is 0 Å². The fourth-order valence-corrected chi connectivity index (χ4v) is 4.79. The number of alkyl carbamates (subject to hydrolysis) is 1. The SMILES string of the molecule is CC(C)(C)OC(=O)NC1CCC(N[C@@H]2C[C@H]2c2cnc(Br)s2)CC1. The van der Waals surface area contributed by atoms with E-state index in [0.717, 1.165) is 29.6 Å². The number of amides is 1. The molecule has 0 spiro atoms. The van der Waals surface area contributed by atoms with Crippen LogP contribution in [0.25, 0.3) is 0 Å². The number of hydrogen-bond donors (Lipinski definition) is 2. The predicted octanol–water partition coefficient (Wildman–Crippen LogP) is 4.19. The zero-order valence-corrected chi connectivity index (χ0v) is 16.9. The maximum atomic E-state index is 11.8. The second-order valence-corrected chi connectivity index (χ2v) is 10.2. The first kappa shape index (κ1) is 18.1. The van der Waals surface area contributed by atoms with Crippen LogP contribution in [0.4, 0.5) is 4.79 Å². The third kappa shape index (κ3) is 5.17. The van der Waals surface area contributed by atoms with Crippen molar-refractivity contribution < 1.29 is 9.53 Å². The van der Waals surface area contributed by atoms with Gasteiger partial charge < -0.3 is 15.4 Å². The van der Waals surface area contributed by atoms with Crippen molar-refractivity contribution in [3.63, 3.8) is 0 Å². The normalized spacial score (nSPS) is 30.0. The van der Waals surface area contributed by atoms with Crippen LogP contribution < -0.4 is 10.6 Å². The highest BCUT2D eigenvalue weighted by Gasteiger charge is 2.41. The monoisotopic (exact) mass is 415 g/mol. The van der Waals surface area contributed by atoms with E-state index in [2.05, 4.69) is 31.5 Å². The summed E-state index contributed by atoms with van der Waals surface area (Å²) in [5, 5.41) is 6.78. The van der Waals surface area contributed by atoms with Crippen LogP contribution >= 0.6 is 27.3 Å². The summed E-state index contributed by atoms with van der Waals surface area (Å²) < 4.78 is 6.30. The topological polar surface area (TPSA) is 63.2 Å². The minimum absolute atomic E-state index is 0.241. The highest BCUT2D eigenvalue weighted by Crippen LogP contribution is 2.44. The Morgan fingerprint density at radius 2 is 1.96 bits per heavy atom. The Hall–Kier alpha value is -0.660. The summed E-state index contributed by atoms with van der Waals surface area (Å²) in [4.78, 5) is 17.5. The Morgan fingerprint density at radius 3 is 2.54 bits per heavy atom. The van der Waals surface area contributed by atoms with E-state index in [0.29, 0.717) is 18.0 Å². The first-order valence-corrected chi connectivity index (χ1v) is 10.3. The molecule has 0 unspecified atom stereocenters. The molecule has 1 aromatic heterocycles. The maximum Gasteiger partial charge on any atom is 0.407 e. The number of halogens is 1. The van der Waals surface area contributed by atoms with E-state index in [9.17, 15) is 4.79 Å². The van der Waals surface area contributed by atoms with E-state index in [-0.39, 0.29) is 12.1 Å². The molecule has 1 aromatic rings. The van der Waals surface area contributed by atoms with Crippen molar-refractivity contribution >= 4 is 33.4 Å². The standard InChI is InChI=1S/C17H26BrN3O2S/c1-17(2,3)23-16(22)21-11-6-4-10(5-7-11)20-13-8-12(13)14-9-19-15(18)24-14/h9-13,20H,4-8H2,1-3H3,(H,21,22)/t10?,11?,12-,13-/m1/s1. The lowest BCUT2D eigenvalue weighted by Gasteiger charge is -2.30. The Morgan fingerprint density at radius 1 is 1.29 bits per heavy atom. The van der Waals surface area contributed by atoms with Gasteiger partial charge in [-0.3, -0.25) is 0 Å². The summed E-state index contributed by atoms with van der Waals surface area (Å²) in [5.41, 5.74) is -0.435. The third-order valence-electron chi connectivity index (χ3n) is 4.55. The summed E-state index contributed by atoms with van der Waals surface area (Å²) >= 11 is 5.17. The highest BCUT2D eigenvalue weighted by atomic mass is 79.9. The van der Waals surface area contributed by atoms with Gasteiger partial charge in [0.25, 0.3) is 0 Å². The number of ether oxygens (including phenoxy) is 1. The van der Waals surface area contributed by atoms with E-state index >= 15 is 0 Å². The van der Waals surface area contributed by atoms with Crippen LogP contribution in [-0.4, -0.2) is 34.8 Å². The van der Waals surface area contributed by atoms with E-state index in [1.165, 1.54) is 11.3 Å². The van der Waals surface area contributed by atoms with E-state index < -0.39 is 5.60 Å². The minimum atomic E-state index is -0.435. The van der Waals surface area contributed by atoms with Gasteiger partial charge >= 0.3 is 6.09 Å². The number of nitrogens with one attached hydrogen (secondary N) is 2. The molecule has 0 aromatic carbocycles. The fourth-order valence-electron chi connectivity index (χ4n) is 3.31. The van der Waals surface area contributed by atoms with E-state index in [1.54, 1.807) is 11.3 Å². The molecule has 2 aliphatic rings. The Balaban J connectivity index is 1.36. The Bertz CT molecular complexity index is 579. The molecule has 0 radical (unpaired) electrons. The molecule has 1 heterocycles. The number of aromatic nitrogens is 1. The average molecular weight is 416 g/mol. The van der Waals surface area contributed by atoms with Gasteiger partial charge in [0.2, 0.25) is 0 Å². The van der Waals surface area contributed by atoms with Gasteiger partial charge in [-0.05, 0) is 68.8 Å². The summed E-state index contributed by atoms with van der Waals surface area (Å²) in [7, 11) is 0. The first-order chi connectivity index (χ1) is 11.3. The zero-order chi connectivity index (χ0) is 17.3. The molecule has 3 rings (SSSR count). The van der Waals surface area contributed by atoms with Gasteiger partial charge in [0.15, 0.2) is 3.92 Å². The molecule has 2 N–H and O–H groups in total. The smallest absolute Gasteiger partial charge is 0.407 e. The Labute approximate surface area is 156 Å². The molecule has 24 heavy (non-hydrogen) atoms. The number of nitrogens with zero attached hydrogens (tertiary/aromatic N) is 1. The van der Waals surface area contributed by atoms with E-state index in [1.807, 2.05) is 27.0 Å². The molecule has 1 amide bonds. The van der Waals surface area contributed by atoms with Crippen LogP contribution in [-0.2, 0) is 4.74 Å². The van der Waals surface area contributed by atoms with Crippen molar-refractivity contribution in [2.75, 3.05) is 0 Å². The minimum Gasteiger partial charge on any atom is -0.444 e. The molecule has 0 saturated heterocycles. The molecular formula is C17H26BrN3O2S. The summed E-state index contributed by atoms with van der Waals surface area (Å²) in [6.07, 6.45) is 7.15. The molecule has 0 bridgehead atoms. The summed E-state index contributed by atoms with van der Waals surface area (Å²) in [6, 6.07) is 1.40. The fraction of sp³-hybridized carbons (Fsp3) is 0.765. The Kier molecular flexibility index (Phi) is 5.52. The molecule has 2 saturated carbocycles. The molecule has 5 nitrogen and oxygen atoms in total. The maximum absolute atomic E-state index is 11.8. The van der Waals surface area contributed by atoms with Crippen molar-refractivity contribution in [1.29, 1.82) is 0 Å². The van der Waals surface area contributed by atoms with Crippen molar-refractivity contribution in [2.24, 2.45) is 0 Å². The van der Waals surface area contributed by atoms with E-state index in [4.69, 9.17) is 4.74 Å². The van der Waals surface area contributed by atoms with Crippen LogP contribution in [0.1, 0.15) is 63.7 Å². The van der Waals surface area contributed by atoms with Crippen molar-refractivity contribution in [3.05, 3.63) is 15.0 Å². The number of thiazole rings is 1. The van der Waals surface area contributed by atoms with Crippen molar-refractivity contribution in [1.82, 2.24) is 15.6 Å². The number of rotatable bonds is 4. The molecule has 2 atom stereocenters. The molecule has 134 valence electrons. The number of carbonyl (C=O) groups excluding carboxylic acids is 1. The van der Waals surface area contributed by atoms with Crippen LogP contribution in [0.5, 0.6) is 0 Å². The molecule has 2 fully saturated rings. The quantitative estimate of drug-likeness (QED) is 0.773. The molecule has 0 aliphatic heterocycles. The lowest BCUT2D eigenvalue weighted by Crippen LogP contribution is -2.44. The van der Waals surface area contributed by atoms with Gasteiger partial charge in [-0.2, -0.15) is 0 Å². The second-order valence-electron chi connectivity index (χ2n) is 7.83. The third-order valence-corrected chi connectivity index (χ3v) is 6.16. The van der Waals surface area contributed by atoms with Crippen LogP contribution in [0.15, 0.2) is 10.1 Å². The van der Waals surface area contributed by atoms with Crippen molar-refractivity contribution in [2.45, 2.75) is 82.5 Å². The van der Waals surface area contributed by atoms with Crippen LogP contribution in [0.2, 0.25) is 0 Å². The van der Waals surface area contributed by atoms with Crippen molar-refractivity contribution in [3.8, 4) is 0 Å². The molecule has 7 heteroatoms. The lowest BCUT2D eigenvalue weighted by molar-refractivity contribution is 0.0489.